The summed E-state index contributed by atoms with van der Waals surface area (Å²) in [6.07, 6.45) is 4.86. The van der Waals surface area contributed by atoms with Crippen molar-refractivity contribution in [2.75, 3.05) is 16.8 Å². The summed E-state index contributed by atoms with van der Waals surface area (Å²) < 4.78 is 1.69. The third-order valence-corrected chi connectivity index (χ3v) is 5.09. The molecule has 9 heteroatoms. The van der Waals surface area contributed by atoms with E-state index in [1.165, 1.54) is 6.33 Å². The molecule has 3 heterocycles. The van der Waals surface area contributed by atoms with Crippen molar-refractivity contribution in [3.05, 3.63) is 40.8 Å². The molecule has 0 saturated carbocycles. The smallest absolute Gasteiger partial charge is 0.247 e. The van der Waals surface area contributed by atoms with Gasteiger partial charge in [0.2, 0.25) is 5.91 Å². The highest BCUT2D eigenvalue weighted by molar-refractivity contribution is 6.35. The molecule has 1 fully saturated rings. The largest absolute Gasteiger partial charge is 0.344 e. The van der Waals surface area contributed by atoms with Gasteiger partial charge < -0.3 is 10.2 Å². The normalized spacial score (nSPS) is 17.0. The first kappa shape index (κ1) is 17.1. The first-order chi connectivity index (χ1) is 12.5. The lowest BCUT2D eigenvalue weighted by atomic mass is 10.2. The highest BCUT2D eigenvalue weighted by atomic mass is 35.5. The number of nitrogens with zero attached hydrogens (tertiary/aromatic N) is 5. The zero-order valence-electron chi connectivity index (χ0n) is 14.0. The number of hydrogen-bond donors (Lipinski definition) is 1. The third-order valence-electron chi connectivity index (χ3n) is 4.52. The predicted molar refractivity (Wildman–Crippen MR) is 102 cm³/mol. The Bertz CT molecular complexity index is 989. The van der Waals surface area contributed by atoms with Crippen molar-refractivity contribution in [2.45, 2.75) is 18.9 Å². The van der Waals surface area contributed by atoms with Crippen LogP contribution in [-0.2, 0) is 11.8 Å². The number of hydrogen-bond acceptors (Lipinski definition) is 5. The molecule has 0 unspecified atom stereocenters. The van der Waals surface area contributed by atoms with Gasteiger partial charge >= 0.3 is 0 Å². The molecule has 2 aromatic heterocycles. The zero-order chi connectivity index (χ0) is 18.3. The summed E-state index contributed by atoms with van der Waals surface area (Å²) in [5.74, 6) is 0.584. The van der Waals surface area contributed by atoms with E-state index >= 15 is 0 Å². The van der Waals surface area contributed by atoms with Crippen LogP contribution in [0.25, 0.3) is 11.0 Å². The molecular weight excluding hydrogens is 375 g/mol. The Morgan fingerprint density at radius 3 is 3.00 bits per heavy atom. The Balaban J connectivity index is 1.63. The number of carbonyl (C=O) groups excluding carboxylic acids is 1. The van der Waals surface area contributed by atoms with E-state index in [0.717, 1.165) is 36.2 Å². The van der Waals surface area contributed by atoms with Crippen LogP contribution in [0.2, 0.25) is 10.0 Å². The first-order valence-electron chi connectivity index (χ1n) is 8.20. The Morgan fingerprint density at radius 2 is 2.15 bits per heavy atom. The van der Waals surface area contributed by atoms with Gasteiger partial charge in [-0.3, -0.25) is 9.48 Å². The van der Waals surface area contributed by atoms with Gasteiger partial charge in [-0.2, -0.15) is 5.10 Å². The summed E-state index contributed by atoms with van der Waals surface area (Å²) in [7, 11) is 1.83. The maximum absolute atomic E-state index is 12.9. The maximum atomic E-state index is 12.9. The molecular formula is C17H16Cl2N6O. The van der Waals surface area contributed by atoms with Crippen molar-refractivity contribution in [1.29, 1.82) is 0 Å². The number of amides is 1. The maximum Gasteiger partial charge on any atom is 0.247 e. The van der Waals surface area contributed by atoms with E-state index in [2.05, 4.69) is 20.4 Å². The second-order valence-electron chi connectivity index (χ2n) is 6.17. The molecule has 1 atom stereocenters. The van der Waals surface area contributed by atoms with Crippen LogP contribution in [-0.4, -0.2) is 38.2 Å². The number of aromatic nitrogens is 4. The molecule has 3 aromatic rings. The minimum absolute atomic E-state index is 0.137. The Kier molecular flexibility index (Phi) is 4.42. The highest BCUT2D eigenvalue weighted by Crippen LogP contribution is 2.31. The van der Waals surface area contributed by atoms with Crippen LogP contribution in [0.4, 0.5) is 11.5 Å². The van der Waals surface area contributed by atoms with Crippen LogP contribution in [0.3, 0.4) is 0 Å². The lowest BCUT2D eigenvalue weighted by molar-refractivity contribution is -0.117. The second-order valence-corrected chi connectivity index (χ2v) is 7.01. The molecule has 26 heavy (non-hydrogen) atoms. The molecule has 134 valence electrons. The van der Waals surface area contributed by atoms with E-state index in [-0.39, 0.29) is 11.9 Å². The monoisotopic (exact) mass is 390 g/mol. The number of carbonyl (C=O) groups is 1. The van der Waals surface area contributed by atoms with E-state index < -0.39 is 0 Å². The van der Waals surface area contributed by atoms with E-state index in [1.54, 1.807) is 29.1 Å². The number of fused-ring (bicyclic) bond motifs is 1. The minimum Gasteiger partial charge on any atom is -0.344 e. The number of rotatable bonds is 3. The lowest BCUT2D eigenvalue weighted by Crippen LogP contribution is -2.40. The number of anilines is 2. The molecule has 0 spiro atoms. The van der Waals surface area contributed by atoms with Crippen molar-refractivity contribution in [3.8, 4) is 0 Å². The molecule has 1 amide bonds. The summed E-state index contributed by atoms with van der Waals surface area (Å²) >= 11 is 12.2. The number of benzene rings is 1. The van der Waals surface area contributed by atoms with Gasteiger partial charge in [-0.15, -0.1) is 0 Å². The Labute approximate surface area is 159 Å². The van der Waals surface area contributed by atoms with Crippen LogP contribution in [0.5, 0.6) is 0 Å². The van der Waals surface area contributed by atoms with Gasteiger partial charge in [0.25, 0.3) is 0 Å². The number of nitrogens with one attached hydrogen (secondary N) is 1. The molecule has 1 N–H and O–H groups in total. The molecule has 0 aliphatic carbocycles. The molecule has 1 saturated heterocycles. The fourth-order valence-electron chi connectivity index (χ4n) is 3.28. The van der Waals surface area contributed by atoms with Crippen LogP contribution in [0.1, 0.15) is 12.8 Å². The van der Waals surface area contributed by atoms with Crippen molar-refractivity contribution >= 4 is 51.6 Å². The predicted octanol–water partition coefficient (Wildman–Crippen LogP) is 3.28. The lowest BCUT2D eigenvalue weighted by Gasteiger charge is -2.25. The Hall–Kier alpha value is -2.38. The minimum atomic E-state index is -0.344. The van der Waals surface area contributed by atoms with Gasteiger partial charge in [0.15, 0.2) is 5.65 Å². The van der Waals surface area contributed by atoms with Gasteiger partial charge in [-0.1, -0.05) is 23.2 Å². The van der Waals surface area contributed by atoms with Crippen LogP contribution < -0.4 is 10.2 Å². The molecule has 0 bridgehead atoms. The van der Waals surface area contributed by atoms with E-state index in [0.29, 0.717) is 15.7 Å². The summed E-state index contributed by atoms with van der Waals surface area (Å²) in [5.41, 5.74) is 1.24. The SMILES string of the molecule is Cn1ncc2c(N3CCC[C@@H]3C(=O)Nc3cc(Cl)ccc3Cl)ncnc21. The second kappa shape index (κ2) is 6.74. The van der Waals surface area contributed by atoms with Crippen LogP contribution in [0, 0.1) is 0 Å². The average molecular weight is 391 g/mol. The fraction of sp³-hybridized carbons (Fsp3) is 0.294. The van der Waals surface area contributed by atoms with E-state index in [9.17, 15) is 4.79 Å². The summed E-state index contributed by atoms with van der Waals surface area (Å²) in [6.45, 7) is 0.738. The van der Waals surface area contributed by atoms with Gasteiger partial charge in [-0.05, 0) is 31.0 Å². The summed E-state index contributed by atoms with van der Waals surface area (Å²) in [4.78, 5) is 23.6. The zero-order valence-corrected chi connectivity index (χ0v) is 15.5. The van der Waals surface area contributed by atoms with Crippen molar-refractivity contribution in [3.63, 3.8) is 0 Å². The quantitative estimate of drug-likeness (QED) is 0.742. The Morgan fingerprint density at radius 1 is 1.31 bits per heavy atom. The van der Waals surface area contributed by atoms with Gasteiger partial charge in [-0.25, -0.2) is 9.97 Å². The molecule has 1 aliphatic rings. The summed E-state index contributed by atoms with van der Waals surface area (Å²) in [6, 6.07) is 4.64. The standard InChI is InChI=1S/C17H16Cl2N6O/c1-24-15-11(8-22-24)16(21-9-20-15)25-6-2-3-14(25)17(26)23-13-7-10(18)4-5-12(13)19/h4-5,7-9,14H,2-3,6H2,1H3,(H,23,26)/t14-/m1/s1. The van der Waals surface area contributed by atoms with Gasteiger partial charge in [0, 0.05) is 18.6 Å². The fourth-order valence-corrected chi connectivity index (χ4v) is 3.62. The van der Waals surface area contributed by atoms with Crippen LogP contribution in [0.15, 0.2) is 30.7 Å². The van der Waals surface area contributed by atoms with E-state index in [1.807, 2.05) is 11.9 Å². The van der Waals surface area contributed by atoms with Crippen molar-refractivity contribution in [1.82, 2.24) is 19.7 Å². The average Bonchev–Trinajstić information content (AvgIpc) is 3.25. The van der Waals surface area contributed by atoms with Gasteiger partial charge in [0.05, 0.1) is 22.3 Å². The molecule has 1 aromatic carbocycles. The molecule has 7 nitrogen and oxygen atoms in total. The third kappa shape index (κ3) is 2.97. The van der Waals surface area contributed by atoms with Crippen molar-refractivity contribution < 1.29 is 4.79 Å². The van der Waals surface area contributed by atoms with E-state index in [4.69, 9.17) is 23.2 Å². The van der Waals surface area contributed by atoms with Crippen molar-refractivity contribution in [2.24, 2.45) is 7.05 Å². The molecule has 1 aliphatic heterocycles. The molecule has 0 radical (unpaired) electrons. The molecule has 4 rings (SSSR count). The topological polar surface area (TPSA) is 75.9 Å². The number of halogens is 2. The first-order valence-corrected chi connectivity index (χ1v) is 8.95. The van der Waals surface area contributed by atoms with Crippen LogP contribution >= 0.6 is 23.2 Å². The van der Waals surface area contributed by atoms with Gasteiger partial charge in [0.1, 0.15) is 18.2 Å². The summed E-state index contributed by atoms with van der Waals surface area (Å²) in [5, 5.41) is 8.92. The highest BCUT2D eigenvalue weighted by Gasteiger charge is 2.33. The number of aryl methyl sites for hydroxylation is 1.